The lowest BCUT2D eigenvalue weighted by Gasteiger charge is -2.20. The van der Waals surface area contributed by atoms with Crippen LogP contribution in [0.4, 0.5) is 8.78 Å². The van der Waals surface area contributed by atoms with Crippen LogP contribution in [0.3, 0.4) is 0 Å². The summed E-state index contributed by atoms with van der Waals surface area (Å²) in [6.45, 7) is -1.28. The Balaban J connectivity index is 1.43. The van der Waals surface area contributed by atoms with Gasteiger partial charge in [-0.1, -0.05) is 42.6 Å². The van der Waals surface area contributed by atoms with E-state index >= 15 is 0 Å². The summed E-state index contributed by atoms with van der Waals surface area (Å²) >= 11 is 0. The first-order valence-corrected chi connectivity index (χ1v) is 11.4. The van der Waals surface area contributed by atoms with Gasteiger partial charge in [0.1, 0.15) is 6.61 Å². The second-order valence-corrected chi connectivity index (χ2v) is 9.80. The van der Waals surface area contributed by atoms with Gasteiger partial charge in [-0.15, -0.1) is 0 Å². The van der Waals surface area contributed by atoms with Gasteiger partial charge >= 0.3 is 15.4 Å². The maximum atomic E-state index is 14.3. The van der Waals surface area contributed by atoms with E-state index in [1.165, 1.54) is 0 Å². The number of hydrogen-bond acceptors (Lipinski definition) is 6. The molecule has 1 aromatic heterocycles. The SMILES string of the molecule is O=S(=O)(On1c(O)c2c(c1O)C1C=CC2C1)C(F)(F)COCC1CCCCCC1. The average molecular weight is 433 g/mol. The first-order valence-electron chi connectivity index (χ1n) is 9.96. The molecule has 1 heterocycles. The zero-order valence-electron chi connectivity index (χ0n) is 15.9. The number of fused-ring (bicyclic) bond motifs is 5. The molecular formula is C19H25F2NO6S. The van der Waals surface area contributed by atoms with Gasteiger partial charge in [0.15, 0.2) is 0 Å². The third-order valence-electron chi connectivity index (χ3n) is 6.12. The molecule has 2 atom stereocenters. The molecule has 7 nitrogen and oxygen atoms in total. The van der Waals surface area contributed by atoms with Crippen molar-refractivity contribution < 1.29 is 36.4 Å². The van der Waals surface area contributed by atoms with Gasteiger partial charge in [0.25, 0.3) is 0 Å². The average Bonchev–Trinajstić information content (AvgIpc) is 3.26. The molecule has 10 heteroatoms. The lowest BCUT2D eigenvalue weighted by molar-refractivity contribution is -0.0345. The van der Waals surface area contributed by atoms with Crippen molar-refractivity contribution in [3.63, 3.8) is 0 Å². The largest absolute Gasteiger partial charge is 0.492 e. The quantitative estimate of drug-likeness (QED) is 0.505. The highest BCUT2D eigenvalue weighted by Gasteiger charge is 2.50. The highest BCUT2D eigenvalue weighted by molar-refractivity contribution is 7.88. The molecule has 0 amide bonds. The van der Waals surface area contributed by atoms with E-state index < -0.39 is 33.7 Å². The number of aromatic hydroxyl groups is 2. The van der Waals surface area contributed by atoms with Gasteiger partial charge in [-0.25, -0.2) is 0 Å². The maximum Gasteiger partial charge on any atom is 0.404 e. The molecule has 3 aliphatic rings. The van der Waals surface area contributed by atoms with Crippen LogP contribution in [0.5, 0.6) is 11.8 Å². The first-order chi connectivity index (χ1) is 13.7. The van der Waals surface area contributed by atoms with E-state index in [4.69, 9.17) is 4.74 Å². The molecule has 4 rings (SSSR count). The fourth-order valence-corrected chi connectivity index (χ4v) is 5.26. The summed E-state index contributed by atoms with van der Waals surface area (Å²) in [6, 6.07) is 0. The summed E-state index contributed by atoms with van der Waals surface area (Å²) in [5.74, 6) is -1.60. The number of alkyl halides is 2. The number of allylic oxidation sites excluding steroid dienone is 2. The third-order valence-corrected chi connectivity index (χ3v) is 7.31. The second-order valence-electron chi connectivity index (χ2n) is 8.14. The van der Waals surface area contributed by atoms with Crippen molar-refractivity contribution in [3.05, 3.63) is 23.3 Å². The molecule has 2 N–H and O–H groups in total. The smallest absolute Gasteiger partial charge is 0.404 e. The third kappa shape index (κ3) is 3.61. The number of ether oxygens (including phenoxy) is 1. The minimum Gasteiger partial charge on any atom is -0.492 e. The van der Waals surface area contributed by atoms with Crippen LogP contribution in [0.15, 0.2) is 12.2 Å². The van der Waals surface area contributed by atoms with Crippen molar-refractivity contribution >= 4 is 10.1 Å². The molecule has 1 fully saturated rings. The van der Waals surface area contributed by atoms with E-state index in [0.717, 1.165) is 38.5 Å². The Morgan fingerprint density at radius 1 is 1.03 bits per heavy atom. The Kier molecular flexibility index (Phi) is 5.27. The Hall–Kier alpha value is -1.81. The molecule has 2 unspecified atom stereocenters. The minimum atomic E-state index is -5.51. The van der Waals surface area contributed by atoms with Crippen molar-refractivity contribution in [2.24, 2.45) is 5.92 Å². The van der Waals surface area contributed by atoms with E-state index in [9.17, 15) is 27.4 Å². The Morgan fingerprint density at radius 3 is 2.14 bits per heavy atom. The first kappa shape index (κ1) is 20.5. The van der Waals surface area contributed by atoms with Gasteiger partial charge in [0, 0.05) is 29.6 Å². The molecule has 2 bridgehead atoms. The molecule has 1 aromatic rings. The predicted octanol–water partition coefficient (Wildman–Crippen LogP) is 3.38. The lowest BCUT2D eigenvalue weighted by Crippen LogP contribution is -2.40. The van der Waals surface area contributed by atoms with E-state index in [-0.39, 0.29) is 29.1 Å². The number of nitrogens with zero attached hydrogens (tertiary/aromatic N) is 1. The molecule has 0 saturated heterocycles. The Morgan fingerprint density at radius 2 is 1.59 bits per heavy atom. The van der Waals surface area contributed by atoms with Gasteiger partial charge in [-0.3, -0.25) is 4.28 Å². The van der Waals surface area contributed by atoms with Gasteiger partial charge < -0.3 is 14.9 Å². The van der Waals surface area contributed by atoms with Crippen molar-refractivity contribution in [3.8, 4) is 11.8 Å². The molecule has 3 aliphatic carbocycles. The molecule has 0 radical (unpaired) electrons. The van der Waals surface area contributed by atoms with E-state index in [1.807, 2.05) is 12.2 Å². The zero-order chi connectivity index (χ0) is 20.8. The number of halogens is 2. The Labute approximate surface area is 168 Å². The van der Waals surface area contributed by atoms with Crippen molar-refractivity contribution in [2.75, 3.05) is 13.2 Å². The van der Waals surface area contributed by atoms with Crippen LogP contribution in [0.1, 0.15) is 67.9 Å². The summed E-state index contributed by atoms with van der Waals surface area (Å²) in [5, 5.41) is 16.2. The van der Waals surface area contributed by atoms with Crippen LogP contribution in [0.25, 0.3) is 0 Å². The molecule has 0 aromatic carbocycles. The summed E-state index contributed by atoms with van der Waals surface area (Å²) in [5.41, 5.74) is 0.635. The monoisotopic (exact) mass is 433 g/mol. The second kappa shape index (κ2) is 7.46. The molecule has 162 valence electrons. The summed E-state index contributed by atoms with van der Waals surface area (Å²) in [6.07, 6.45) is 10.3. The number of rotatable bonds is 7. The van der Waals surface area contributed by atoms with Crippen LogP contribution in [-0.2, 0) is 14.9 Å². The molecule has 0 spiro atoms. The van der Waals surface area contributed by atoms with E-state index in [1.54, 1.807) is 0 Å². The van der Waals surface area contributed by atoms with Gasteiger partial charge in [0.2, 0.25) is 11.8 Å². The van der Waals surface area contributed by atoms with Crippen molar-refractivity contribution in [2.45, 2.75) is 62.0 Å². The minimum absolute atomic E-state index is 0.0639. The topological polar surface area (TPSA) is 98.0 Å². The van der Waals surface area contributed by atoms with Crippen LogP contribution < -0.4 is 4.28 Å². The van der Waals surface area contributed by atoms with Crippen molar-refractivity contribution in [1.82, 2.24) is 4.73 Å². The highest BCUT2D eigenvalue weighted by atomic mass is 32.2. The summed E-state index contributed by atoms with van der Waals surface area (Å²) in [4.78, 5) is 0. The maximum absolute atomic E-state index is 14.3. The van der Waals surface area contributed by atoms with Gasteiger partial charge in [0.05, 0.1) is 0 Å². The normalized spacial score (nSPS) is 24.6. The van der Waals surface area contributed by atoms with Crippen LogP contribution in [0.2, 0.25) is 0 Å². The van der Waals surface area contributed by atoms with Crippen molar-refractivity contribution in [1.29, 1.82) is 0 Å². The number of hydrogen-bond donors (Lipinski definition) is 2. The predicted molar refractivity (Wildman–Crippen MR) is 99.5 cm³/mol. The fourth-order valence-electron chi connectivity index (χ4n) is 4.59. The standard InChI is InChI=1S/C19H25F2NO6S/c20-19(21,11-27-10-12-5-3-1-2-4-6-12)29(25,26)28-22-17(23)15-13-7-8-14(9-13)16(15)18(22)24/h7-8,12-14,23-24H,1-6,9-11H2. The number of aromatic nitrogens is 1. The molecule has 0 aliphatic heterocycles. The molecule has 1 saturated carbocycles. The highest BCUT2D eigenvalue weighted by Crippen LogP contribution is 2.56. The fraction of sp³-hybridized carbons (Fsp3) is 0.684. The summed E-state index contributed by atoms with van der Waals surface area (Å²) < 4.78 is 62.6. The van der Waals surface area contributed by atoms with Crippen LogP contribution in [-0.4, -0.2) is 41.8 Å². The molecular weight excluding hydrogens is 408 g/mol. The Bertz CT molecular complexity index is 867. The van der Waals surface area contributed by atoms with Gasteiger partial charge in [-0.2, -0.15) is 17.2 Å². The van der Waals surface area contributed by atoms with Crippen LogP contribution >= 0.6 is 0 Å². The van der Waals surface area contributed by atoms with E-state index in [0.29, 0.717) is 17.5 Å². The van der Waals surface area contributed by atoms with E-state index in [2.05, 4.69) is 4.28 Å². The molecule has 29 heavy (non-hydrogen) atoms. The zero-order valence-corrected chi connectivity index (χ0v) is 16.7. The van der Waals surface area contributed by atoms with Crippen LogP contribution in [0, 0.1) is 5.92 Å². The lowest BCUT2D eigenvalue weighted by atomic mass is 10.0. The summed E-state index contributed by atoms with van der Waals surface area (Å²) in [7, 11) is -5.51. The van der Waals surface area contributed by atoms with Gasteiger partial charge in [-0.05, 0) is 25.2 Å².